The molecule has 0 atom stereocenters. The van der Waals surface area contributed by atoms with Gasteiger partial charge in [0.2, 0.25) is 0 Å². The minimum atomic E-state index is -0.856. The van der Waals surface area contributed by atoms with E-state index in [4.69, 9.17) is 0 Å². The van der Waals surface area contributed by atoms with Crippen LogP contribution in [0.4, 0.5) is 0 Å². The fraction of sp³-hybridized carbons (Fsp3) is 0.444. The summed E-state index contributed by atoms with van der Waals surface area (Å²) in [5.41, 5.74) is 8.04. The van der Waals surface area contributed by atoms with E-state index in [0.29, 0.717) is 32.6 Å². The van der Waals surface area contributed by atoms with Crippen LogP contribution >= 0.6 is 0 Å². The molecule has 33 heavy (non-hydrogen) atoms. The SMILES string of the molecule is Cc1ccc(-c2c(C)c3c(c(C)c2CC(=O)O)CCN(C(=O)C(=O)N2CCCCC2)C3)cc1. The molecule has 0 spiro atoms. The number of fused-ring (bicyclic) bond motifs is 1. The lowest BCUT2D eigenvalue weighted by Gasteiger charge is -2.34. The van der Waals surface area contributed by atoms with E-state index in [-0.39, 0.29) is 6.42 Å². The van der Waals surface area contributed by atoms with Gasteiger partial charge in [-0.25, -0.2) is 0 Å². The number of nitrogens with zero attached hydrogens (tertiary/aromatic N) is 2. The first-order valence-corrected chi connectivity index (χ1v) is 11.8. The zero-order valence-corrected chi connectivity index (χ0v) is 19.7. The number of aliphatic carboxylic acids is 1. The third kappa shape index (κ3) is 4.52. The predicted molar refractivity (Wildman–Crippen MR) is 127 cm³/mol. The summed E-state index contributed by atoms with van der Waals surface area (Å²) >= 11 is 0. The minimum Gasteiger partial charge on any atom is -0.481 e. The monoisotopic (exact) mass is 448 g/mol. The van der Waals surface area contributed by atoms with Crippen molar-refractivity contribution in [2.75, 3.05) is 19.6 Å². The van der Waals surface area contributed by atoms with Gasteiger partial charge in [-0.3, -0.25) is 14.4 Å². The van der Waals surface area contributed by atoms with Crippen LogP contribution in [0.15, 0.2) is 24.3 Å². The van der Waals surface area contributed by atoms with E-state index in [1.165, 1.54) is 0 Å². The number of carbonyl (C=O) groups is 3. The third-order valence-corrected chi connectivity index (χ3v) is 7.16. The molecule has 2 aromatic carbocycles. The first-order valence-electron chi connectivity index (χ1n) is 11.8. The zero-order chi connectivity index (χ0) is 23.7. The Morgan fingerprint density at radius 3 is 2.09 bits per heavy atom. The number of amides is 2. The molecule has 1 N–H and O–H groups in total. The lowest BCUT2D eigenvalue weighted by atomic mass is 9.81. The molecule has 1 saturated heterocycles. The highest BCUT2D eigenvalue weighted by Gasteiger charge is 2.32. The number of carbonyl (C=O) groups excluding carboxylic acids is 2. The Hall–Kier alpha value is -3.15. The van der Waals surface area contributed by atoms with Crippen LogP contribution in [0.2, 0.25) is 0 Å². The molecule has 6 nitrogen and oxygen atoms in total. The van der Waals surface area contributed by atoms with Crippen molar-refractivity contribution in [1.82, 2.24) is 9.80 Å². The molecule has 0 aliphatic carbocycles. The largest absolute Gasteiger partial charge is 0.481 e. The Labute approximate surface area is 195 Å². The Kier molecular flexibility index (Phi) is 6.54. The number of aryl methyl sites for hydroxylation is 1. The Bertz CT molecular complexity index is 1100. The first kappa shape index (κ1) is 23.0. The molecular weight excluding hydrogens is 416 g/mol. The number of likely N-dealkylation sites (tertiary alicyclic amines) is 1. The van der Waals surface area contributed by atoms with Crippen molar-refractivity contribution in [1.29, 1.82) is 0 Å². The first-order chi connectivity index (χ1) is 15.8. The van der Waals surface area contributed by atoms with Gasteiger partial charge in [-0.2, -0.15) is 0 Å². The molecular formula is C27H32N2O4. The summed E-state index contributed by atoms with van der Waals surface area (Å²) in [7, 11) is 0. The summed E-state index contributed by atoms with van der Waals surface area (Å²) in [5, 5.41) is 9.61. The third-order valence-electron chi connectivity index (χ3n) is 7.16. The summed E-state index contributed by atoms with van der Waals surface area (Å²) in [4.78, 5) is 41.0. The normalized spacial score (nSPS) is 15.8. The number of benzene rings is 2. The van der Waals surface area contributed by atoms with E-state index >= 15 is 0 Å². The van der Waals surface area contributed by atoms with Crippen molar-refractivity contribution in [3.8, 4) is 11.1 Å². The van der Waals surface area contributed by atoms with Gasteiger partial charge in [-0.05, 0) is 85.4 Å². The fourth-order valence-electron chi connectivity index (χ4n) is 5.29. The average molecular weight is 449 g/mol. The fourth-order valence-corrected chi connectivity index (χ4v) is 5.29. The van der Waals surface area contributed by atoms with Crippen LogP contribution in [-0.2, 0) is 33.8 Å². The maximum atomic E-state index is 13.1. The van der Waals surface area contributed by atoms with Gasteiger partial charge in [0.1, 0.15) is 0 Å². The van der Waals surface area contributed by atoms with Crippen LogP contribution in [-0.4, -0.2) is 52.3 Å². The predicted octanol–water partition coefficient (Wildman–Crippen LogP) is 3.80. The van der Waals surface area contributed by atoms with E-state index < -0.39 is 17.8 Å². The summed E-state index contributed by atoms with van der Waals surface area (Å²) < 4.78 is 0. The van der Waals surface area contributed by atoms with E-state index in [0.717, 1.165) is 63.8 Å². The summed E-state index contributed by atoms with van der Waals surface area (Å²) in [6.07, 6.45) is 3.59. The second-order valence-electron chi connectivity index (χ2n) is 9.33. The molecule has 2 heterocycles. The van der Waals surface area contributed by atoms with Crippen molar-refractivity contribution in [3.05, 3.63) is 57.6 Å². The van der Waals surface area contributed by atoms with E-state index in [2.05, 4.69) is 0 Å². The molecule has 0 bridgehead atoms. The van der Waals surface area contributed by atoms with Gasteiger partial charge >= 0.3 is 17.8 Å². The van der Waals surface area contributed by atoms with Gasteiger partial charge < -0.3 is 14.9 Å². The topological polar surface area (TPSA) is 77.9 Å². The van der Waals surface area contributed by atoms with E-state index in [1.807, 2.05) is 45.0 Å². The van der Waals surface area contributed by atoms with Crippen molar-refractivity contribution in [2.24, 2.45) is 0 Å². The lowest BCUT2D eigenvalue weighted by Crippen LogP contribution is -2.48. The molecule has 0 aromatic heterocycles. The summed E-state index contributed by atoms with van der Waals surface area (Å²) in [6.45, 7) is 8.20. The smallest absolute Gasteiger partial charge is 0.312 e. The van der Waals surface area contributed by atoms with Gasteiger partial charge in [-0.15, -0.1) is 0 Å². The highest BCUT2D eigenvalue weighted by atomic mass is 16.4. The van der Waals surface area contributed by atoms with E-state index in [1.54, 1.807) is 9.80 Å². The van der Waals surface area contributed by atoms with Crippen molar-refractivity contribution < 1.29 is 19.5 Å². The molecule has 0 radical (unpaired) electrons. The number of hydrogen-bond donors (Lipinski definition) is 1. The van der Waals surface area contributed by atoms with Crippen molar-refractivity contribution in [2.45, 2.75) is 59.4 Å². The van der Waals surface area contributed by atoms with Crippen molar-refractivity contribution in [3.63, 3.8) is 0 Å². The molecule has 174 valence electrons. The Balaban J connectivity index is 1.72. The average Bonchev–Trinajstić information content (AvgIpc) is 2.82. The van der Waals surface area contributed by atoms with Gasteiger partial charge in [0.15, 0.2) is 0 Å². The summed E-state index contributed by atoms with van der Waals surface area (Å²) in [6, 6.07) is 8.11. The molecule has 0 saturated carbocycles. The van der Waals surface area contributed by atoms with E-state index in [9.17, 15) is 19.5 Å². The second-order valence-corrected chi connectivity index (χ2v) is 9.33. The van der Waals surface area contributed by atoms with Gasteiger partial charge in [0, 0.05) is 26.2 Å². The molecule has 2 aromatic rings. The van der Waals surface area contributed by atoms with Crippen LogP contribution in [0.5, 0.6) is 0 Å². The molecule has 4 rings (SSSR count). The zero-order valence-electron chi connectivity index (χ0n) is 19.7. The van der Waals surface area contributed by atoms with Gasteiger partial charge in [0.25, 0.3) is 0 Å². The maximum absolute atomic E-state index is 13.1. The molecule has 1 fully saturated rings. The molecule has 2 amide bonds. The quantitative estimate of drug-likeness (QED) is 0.725. The van der Waals surface area contributed by atoms with Crippen LogP contribution in [0.3, 0.4) is 0 Å². The number of carboxylic acids is 1. The number of rotatable bonds is 3. The van der Waals surface area contributed by atoms with Crippen LogP contribution in [0, 0.1) is 20.8 Å². The Morgan fingerprint density at radius 2 is 1.45 bits per heavy atom. The molecule has 0 unspecified atom stereocenters. The van der Waals surface area contributed by atoms with Crippen molar-refractivity contribution >= 4 is 17.8 Å². The van der Waals surface area contributed by atoms with Gasteiger partial charge in [0.05, 0.1) is 6.42 Å². The highest BCUT2D eigenvalue weighted by Crippen LogP contribution is 2.38. The minimum absolute atomic E-state index is 0.0424. The highest BCUT2D eigenvalue weighted by molar-refractivity contribution is 6.34. The number of hydrogen-bond acceptors (Lipinski definition) is 3. The van der Waals surface area contributed by atoms with Gasteiger partial charge in [-0.1, -0.05) is 29.8 Å². The number of piperidine rings is 1. The standard InChI is InChI=1S/C27H32N2O4/c1-17-7-9-20(10-8-17)25-19(3)23-16-29(27(33)26(32)28-12-5-4-6-13-28)14-11-21(23)18(2)22(25)15-24(30)31/h7-10H,4-6,11-16H2,1-3H3,(H,30,31). The molecule has 6 heteroatoms. The Morgan fingerprint density at radius 1 is 0.818 bits per heavy atom. The van der Waals surface area contributed by atoms with Crippen LogP contribution in [0.25, 0.3) is 11.1 Å². The molecule has 2 aliphatic heterocycles. The maximum Gasteiger partial charge on any atom is 0.312 e. The summed E-state index contributed by atoms with van der Waals surface area (Å²) in [5.74, 6) is -1.68. The van der Waals surface area contributed by atoms with Crippen LogP contribution < -0.4 is 0 Å². The van der Waals surface area contributed by atoms with Crippen LogP contribution in [0.1, 0.15) is 52.6 Å². The second kappa shape index (κ2) is 9.38. The number of carboxylic acid groups (broad SMARTS) is 1. The lowest BCUT2D eigenvalue weighted by molar-refractivity contribution is -0.152. The molecule has 2 aliphatic rings.